The van der Waals surface area contributed by atoms with Crippen LogP contribution < -0.4 is 10.1 Å². The Labute approximate surface area is 187 Å². The van der Waals surface area contributed by atoms with Gasteiger partial charge in [0.1, 0.15) is 5.75 Å². The van der Waals surface area contributed by atoms with Crippen molar-refractivity contribution < 1.29 is 4.74 Å². The Bertz CT molecular complexity index is 944. The summed E-state index contributed by atoms with van der Waals surface area (Å²) in [6.45, 7) is 15.6. The molecule has 2 aliphatic rings. The molecule has 3 nitrogen and oxygen atoms in total. The van der Waals surface area contributed by atoms with Crippen molar-refractivity contribution in [2.45, 2.75) is 45.2 Å². The summed E-state index contributed by atoms with van der Waals surface area (Å²) in [4.78, 5) is 2.44. The van der Waals surface area contributed by atoms with Gasteiger partial charge in [-0.1, -0.05) is 62.2 Å². The molecule has 1 aliphatic heterocycles. The van der Waals surface area contributed by atoms with Gasteiger partial charge >= 0.3 is 0 Å². The molecule has 1 aliphatic carbocycles. The quantitative estimate of drug-likeness (QED) is 0.438. The molecule has 1 heterocycles. The molecular formula is C28H34N2O. The van der Waals surface area contributed by atoms with Crippen LogP contribution in [0.25, 0.3) is 0 Å². The fourth-order valence-corrected chi connectivity index (χ4v) is 4.17. The van der Waals surface area contributed by atoms with E-state index >= 15 is 0 Å². The van der Waals surface area contributed by atoms with Crippen molar-refractivity contribution in [1.29, 1.82) is 0 Å². The number of hydrogen-bond donors (Lipinski definition) is 1. The first kappa shape index (κ1) is 22.5. The lowest BCUT2D eigenvalue weighted by Crippen LogP contribution is -2.29. The maximum Gasteiger partial charge on any atom is 0.118 e. The minimum absolute atomic E-state index is 0.312. The number of allylic oxidation sites excluding steroid dienone is 8. The van der Waals surface area contributed by atoms with Crippen molar-refractivity contribution >= 4 is 0 Å². The summed E-state index contributed by atoms with van der Waals surface area (Å²) in [6.07, 6.45) is 16.7. The molecule has 1 aromatic rings. The zero-order valence-electron chi connectivity index (χ0n) is 18.9. The van der Waals surface area contributed by atoms with Crippen LogP contribution in [-0.4, -0.2) is 18.1 Å². The Morgan fingerprint density at radius 1 is 1.16 bits per heavy atom. The number of methoxy groups -OCH3 is 1. The maximum absolute atomic E-state index is 5.30. The van der Waals surface area contributed by atoms with Crippen LogP contribution >= 0.6 is 0 Å². The largest absolute Gasteiger partial charge is 0.497 e. The van der Waals surface area contributed by atoms with Gasteiger partial charge in [-0.2, -0.15) is 0 Å². The number of nitrogens with one attached hydrogen (secondary N) is 1. The summed E-state index contributed by atoms with van der Waals surface area (Å²) in [5.74, 6) is 0.880. The Morgan fingerprint density at radius 2 is 1.90 bits per heavy atom. The van der Waals surface area contributed by atoms with E-state index in [1.54, 1.807) is 7.11 Å². The van der Waals surface area contributed by atoms with Crippen molar-refractivity contribution in [2.24, 2.45) is 0 Å². The second-order valence-electron chi connectivity index (χ2n) is 7.97. The van der Waals surface area contributed by atoms with Crippen LogP contribution in [0, 0.1) is 0 Å². The van der Waals surface area contributed by atoms with Crippen LogP contribution in [0.4, 0.5) is 0 Å². The molecule has 1 aromatic carbocycles. The number of rotatable bonds is 10. The highest BCUT2D eigenvalue weighted by molar-refractivity contribution is 5.55. The van der Waals surface area contributed by atoms with Gasteiger partial charge in [0.05, 0.1) is 13.2 Å². The van der Waals surface area contributed by atoms with Gasteiger partial charge in [0.25, 0.3) is 0 Å². The molecule has 0 bridgehead atoms. The van der Waals surface area contributed by atoms with Crippen molar-refractivity contribution in [1.82, 2.24) is 10.2 Å². The van der Waals surface area contributed by atoms with Crippen molar-refractivity contribution in [3.8, 4) is 5.75 Å². The fourth-order valence-electron chi connectivity index (χ4n) is 4.17. The summed E-state index contributed by atoms with van der Waals surface area (Å²) in [7, 11) is 1.70. The summed E-state index contributed by atoms with van der Waals surface area (Å²) in [6, 6.07) is 8.62. The maximum atomic E-state index is 5.30. The van der Waals surface area contributed by atoms with Gasteiger partial charge in [-0.15, -0.1) is 0 Å². The molecule has 1 fully saturated rings. The highest BCUT2D eigenvalue weighted by Gasteiger charge is 2.35. The van der Waals surface area contributed by atoms with Gasteiger partial charge < -0.3 is 15.0 Å². The number of fused-ring (bicyclic) bond motifs is 1. The third-order valence-corrected chi connectivity index (χ3v) is 5.75. The molecule has 1 atom stereocenters. The molecule has 0 radical (unpaired) electrons. The van der Waals surface area contributed by atoms with E-state index in [-0.39, 0.29) is 0 Å². The monoisotopic (exact) mass is 414 g/mol. The normalized spacial score (nSPS) is 18.2. The van der Waals surface area contributed by atoms with Gasteiger partial charge in [-0.05, 0) is 67.5 Å². The van der Waals surface area contributed by atoms with Crippen molar-refractivity contribution in [3.05, 3.63) is 114 Å². The van der Waals surface area contributed by atoms with Crippen LogP contribution in [0.1, 0.15) is 38.2 Å². The molecule has 1 saturated heterocycles. The van der Waals surface area contributed by atoms with Crippen LogP contribution in [0.2, 0.25) is 0 Å². The first-order valence-electron chi connectivity index (χ1n) is 11.0. The van der Waals surface area contributed by atoms with E-state index in [2.05, 4.69) is 54.2 Å². The van der Waals surface area contributed by atoms with E-state index in [4.69, 9.17) is 4.74 Å². The van der Waals surface area contributed by atoms with Gasteiger partial charge in [-0.25, -0.2) is 0 Å². The second kappa shape index (κ2) is 10.7. The average molecular weight is 415 g/mol. The molecule has 31 heavy (non-hydrogen) atoms. The fraction of sp³-hybridized carbons (Fsp3) is 0.286. The smallest absolute Gasteiger partial charge is 0.118 e. The van der Waals surface area contributed by atoms with E-state index in [1.807, 2.05) is 43.4 Å². The minimum Gasteiger partial charge on any atom is -0.497 e. The first-order chi connectivity index (χ1) is 15.0. The molecular weight excluding hydrogens is 380 g/mol. The van der Waals surface area contributed by atoms with Crippen LogP contribution in [0.3, 0.4) is 0 Å². The predicted octanol–water partition coefficient (Wildman–Crippen LogP) is 6.57. The van der Waals surface area contributed by atoms with E-state index in [1.165, 1.54) is 16.7 Å². The summed E-state index contributed by atoms with van der Waals surface area (Å²) in [5.41, 5.74) is 6.96. The van der Waals surface area contributed by atoms with Crippen molar-refractivity contribution in [2.75, 3.05) is 7.11 Å². The Balaban J connectivity index is 1.69. The van der Waals surface area contributed by atoms with Gasteiger partial charge in [-0.3, -0.25) is 0 Å². The predicted molar refractivity (Wildman–Crippen MR) is 131 cm³/mol. The number of nitrogens with zero attached hydrogens (tertiary/aromatic N) is 1. The lowest BCUT2D eigenvalue weighted by molar-refractivity contribution is 0.295. The topological polar surface area (TPSA) is 24.5 Å². The Morgan fingerprint density at radius 3 is 2.61 bits per heavy atom. The van der Waals surface area contributed by atoms with Gasteiger partial charge in [0.2, 0.25) is 0 Å². The van der Waals surface area contributed by atoms with E-state index < -0.39 is 0 Å². The summed E-state index contributed by atoms with van der Waals surface area (Å²) >= 11 is 0. The van der Waals surface area contributed by atoms with Gasteiger partial charge in [0, 0.05) is 23.6 Å². The molecule has 1 N–H and O–H groups in total. The van der Waals surface area contributed by atoms with Crippen molar-refractivity contribution in [3.63, 3.8) is 0 Å². The molecule has 0 spiro atoms. The number of benzene rings is 1. The number of ether oxygens (including phenoxy) is 1. The molecule has 0 amide bonds. The highest BCUT2D eigenvalue weighted by atomic mass is 16.5. The van der Waals surface area contributed by atoms with Gasteiger partial charge in [0.15, 0.2) is 0 Å². The SMILES string of the molecule is C=C(/C=C\C=C/C)NC(=C)CCC1C2=CCCC=C2C(=C)N1Cc1ccc(OC)cc1. The zero-order valence-corrected chi connectivity index (χ0v) is 18.9. The third kappa shape index (κ3) is 5.69. The third-order valence-electron chi connectivity index (χ3n) is 5.75. The average Bonchev–Trinajstić information content (AvgIpc) is 3.04. The number of hydrogen-bond acceptors (Lipinski definition) is 3. The standard InChI is InChI=1S/C28H34N2O/c1-6-7-8-11-21(2)29-22(3)14-19-28-27-13-10-9-12-26(27)23(4)30(28)20-24-15-17-25(31-5)18-16-24/h6-8,11-13,15-18,28-29H,2-4,9-10,14,19-20H2,1,5H3/b7-6-,11-8-. The molecule has 0 saturated carbocycles. The lowest BCUT2D eigenvalue weighted by atomic mass is 9.93. The molecule has 3 rings (SSSR count). The second-order valence-corrected chi connectivity index (χ2v) is 7.97. The molecule has 162 valence electrons. The van der Waals surface area contributed by atoms with Crippen LogP contribution in [0.15, 0.2) is 109 Å². The lowest BCUT2D eigenvalue weighted by Gasteiger charge is -2.28. The van der Waals surface area contributed by atoms with E-state index in [0.717, 1.165) is 55.1 Å². The Kier molecular flexibility index (Phi) is 7.77. The highest BCUT2D eigenvalue weighted by Crippen LogP contribution is 2.42. The van der Waals surface area contributed by atoms with E-state index in [0.29, 0.717) is 6.04 Å². The summed E-state index contributed by atoms with van der Waals surface area (Å²) in [5, 5.41) is 3.32. The Hall–Kier alpha value is -3.20. The summed E-state index contributed by atoms with van der Waals surface area (Å²) < 4.78 is 5.30. The molecule has 0 aromatic heterocycles. The van der Waals surface area contributed by atoms with Crippen LogP contribution in [0.5, 0.6) is 5.75 Å². The van der Waals surface area contributed by atoms with E-state index in [9.17, 15) is 0 Å². The number of likely N-dealkylation sites (tertiary alicyclic amines) is 1. The molecule has 3 heteroatoms. The molecule has 1 unspecified atom stereocenters. The van der Waals surface area contributed by atoms with Crippen LogP contribution in [-0.2, 0) is 6.54 Å². The zero-order chi connectivity index (χ0) is 22.2. The first-order valence-corrected chi connectivity index (χ1v) is 11.0. The minimum atomic E-state index is 0.312.